The molecule has 2 amide bonds. The van der Waals surface area contributed by atoms with Crippen molar-refractivity contribution in [3.05, 3.63) is 52.1 Å². The van der Waals surface area contributed by atoms with Gasteiger partial charge in [0.25, 0.3) is 5.91 Å². The Morgan fingerprint density at radius 2 is 1.96 bits per heavy atom. The number of anilines is 2. The predicted octanol–water partition coefficient (Wildman–Crippen LogP) is 3.88. The maximum atomic E-state index is 12.7. The summed E-state index contributed by atoms with van der Waals surface area (Å²) in [4.78, 5) is 30.8. The molecule has 0 saturated carbocycles. The van der Waals surface area contributed by atoms with Crippen LogP contribution in [0.4, 0.5) is 11.5 Å². The Morgan fingerprint density at radius 3 is 2.63 bits per heavy atom. The van der Waals surface area contributed by atoms with Gasteiger partial charge < -0.3 is 16.0 Å². The molecule has 2 aromatic rings. The zero-order valence-corrected chi connectivity index (χ0v) is 16.7. The first-order chi connectivity index (χ1) is 12.4. The summed E-state index contributed by atoms with van der Waals surface area (Å²) in [7, 11) is 0. The molecule has 6 nitrogen and oxygen atoms in total. The van der Waals surface area contributed by atoms with Crippen LogP contribution in [0.15, 0.2) is 36.5 Å². The lowest BCUT2D eigenvalue weighted by atomic mass is 9.96. The number of pyridine rings is 1. The Bertz CT molecular complexity index is 830. The van der Waals surface area contributed by atoms with Gasteiger partial charge in [-0.25, -0.2) is 4.98 Å². The van der Waals surface area contributed by atoms with E-state index in [0.717, 1.165) is 12.8 Å². The van der Waals surface area contributed by atoms with E-state index in [0.29, 0.717) is 40.2 Å². The molecule has 0 radical (unpaired) electrons. The highest BCUT2D eigenvalue weighted by molar-refractivity contribution is 6.42. The first-order valence-corrected chi connectivity index (χ1v) is 8.96. The fraction of sp³-hybridized carbons (Fsp3) is 0.278. The van der Waals surface area contributed by atoms with E-state index in [4.69, 9.17) is 28.9 Å². The highest BCUT2D eigenvalue weighted by Gasteiger charge is 2.29. The second-order valence-corrected chi connectivity index (χ2v) is 6.99. The number of aromatic nitrogens is 1. The number of carbonyl (C=O) groups excluding carboxylic acids is 2. The topological polar surface area (TPSA) is 88.3 Å². The maximum Gasteiger partial charge on any atom is 0.253 e. The fourth-order valence-electron chi connectivity index (χ4n) is 2.91. The third-order valence-corrected chi connectivity index (χ3v) is 5.04. The molecule has 1 aliphatic rings. The van der Waals surface area contributed by atoms with Crippen LogP contribution in [0.2, 0.25) is 10.0 Å². The molecule has 1 saturated heterocycles. The van der Waals surface area contributed by atoms with Gasteiger partial charge in [0, 0.05) is 18.7 Å². The lowest BCUT2D eigenvalue weighted by Crippen LogP contribution is -2.43. The van der Waals surface area contributed by atoms with Crippen molar-refractivity contribution in [2.75, 3.05) is 24.1 Å². The highest BCUT2D eigenvalue weighted by atomic mass is 35.5. The number of nitrogens with one attached hydrogen (secondary N) is 1. The van der Waals surface area contributed by atoms with E-state index in [9.17, 15) is 9.59 Å². The second-order valence-electron chi connectivity index (χ2n) is 6.18. The largest absolute Gasteiger partial charge is 0.384 e. The van der Waals surface area contributed by atoms with E-state index >= 15 is 0 Å². The van der Waals surface area contributed by atoms with Crippen molar-refractivity contribution in [3.63, 3.8) is 0 Å². The Hall–Kier alpha value is -2.02. The Balaban J connectivity index is 0.00000261. The van der Waals surface area contributed by atoms with Crippen molar-refractivity contribution < 1.29 is 9.59 Å². The summed E-state index contributed by atoms with van der Waals surface area (Å²) < 4.78 is 0. The quantitative estimate of drug-likeness (QED) is 0.775. The zero-order valence-electron chi connectivity index (χ0n) is 14.3. The molecule has 144 valence electrons. The molecule has 1 unspecified atom stereocenters. The van der Waals surface area contributed by atoms with Gasteiger partial charge in [0.05, 0.1) is 27.8 Å². The SMILES string of the molecule is Cl.Nc1ccc(NC(=O)C2CCCN(C(=O)c3ccc(Cl)c(Cl)c3)C2)cn1. The Labute approximate surface area is 173 Å². The molecule has 3 rings (SSSR count). The van der Waals surface area contributed by atoms with Crippen molar-refractivity contribution in [1.29, 1.82) is 0 Å². The summed E-state index contributed by atoms with van der Waals surface area (Å²) in [6, 6.07) is 8.11. The Kier molecular flexibility index (Phi) is 7.30. The van der Waals surface area contributed by atoms with E-state index in [-0.39, 0.29) is 30.1 Å². The van der Waals surface area contributed by atoms with Crippen molar-refractivity contribution in [3.8, 4) is 0 Å². The minimum absolute atomic E-state index is 0. The maximum absolute atomic E-state index is 12.7. The Morgan fingerprint density at radius 1 is 1.19 bits per heavy atom. The minimum Gasteiger partial charge on any atom is -0.384 e. The van der Waals surface area contributed by atoms with Crippen LogP contribution in [0.3, 0.4) is 0 Å². The molecule has 1 atom stereocenters. The molecule has 3 N–H and O–H groups in total. The number of rotatable bonds is 3. The van der Waals surface area contributed by atoms with Crippen LogP contribution in [0, 0.1) is 5.92 Å². The number of piperidine rings is 1. The number of amides is 2. The molecule has 0 bridgehead atoms. The van der Waals surface area contributed by atoms with Crippen LogP contribution in [0.5, 0.6) is 0 Å². The van der Waals surface area contributed by atoms with Crippen molar-refractivity contribution >= 4 is 58.9 Å². The van der Waals surface area contributed by atoms with Gasteiger partial charge in [-0.1, -0.05) is 23.2 Å². The van der Waals surface area contributed by atoms with Gasteiger partial charge >= 0.3 is 0 Å². The monoisotopic (exact) mass is 428 g/mol. The second kappa shape index (κ2) is 9.26. The molecule has 0 spiro atoms. The molecular formula is C18H19Cl3N4O2. The predicted molar refractivity (Wildman–Crippen MR) is 110 cm³/mol. The number of benzene rings is 1. The van der Waals surface area contributed by atoms with Crippen molar-refractivity contribution in [2.24, 2.45) is 5.92 Å². The van der Waals surface area contributed by atoms with Crippen LogP contribution in [-0.4, -0.2) is 34.8 Å². The van der Waals surface area contributed by atoms with E-state index in [2.05, 4.69) is 10.3 Å². The van der Waals surface area contributed by atoms with Crippen LogP contribution >= 0.6 is 35.6 Å². The smallest absolute Gasteiger partial charge is 0.253 e. The lowest BCUT2D eigenvalue weighted by Gasteiger charge is -2.32. The first-order valence-electron chi connectivity index (χ1n) is 8.21. The van der Waals surface area contributed by atoms with Crippen molar-refractivity contribution in [2.45, 2.75) is 12.8 Å². The number of nitrogen functional groups attached to an aromatic ring is 1. The molecule has 1 aliphatic heterocycles. The molecule has 0 aliphatic carbocycles. The summed E-state index contributed by atoms with van der Waals surface area (Å²) in [6.07, 6.45) is 2.99. The number of carbonyl (C=O) groups is 2. The van der Waals surface area contributed by atoms with Gasteiger partial charge in [-0.05, 0) is 43.2 Å². The molecular weight excluding hydrogens is 411 g/mol. The highest BCUT2D eigenvalue weighted by Crippen LogP contribution is 2.25. The van der Waals surface area contributed by atoms with Crippen molar-refractivity contribution in [1.82, 2.24) is 9.88 Å². The van der Waals surface area contributed by atoms with E-state index < -0.39 is 0 Å². The number of likely N-dealkylation sites (tertiary alicyclic amines) is 1. The van der Waals surface area contributed by atoms with Gasteiger partial charge in [-0.3, -0.25) is 9.59 Å². The molecule has 27 heavy (non-hydrogen) atoms. The van der Waals surface area contributed by atoms with Gasteiger partial charge in [0.15, 0.2) is 0 Å². The van der Waals surface area contributed by atoms with Gasteiger partial charge in [-0.15, -0.1) is 12.4 Å². The zero-order chi connectivity index (χ0) is 18.7. The normalized spacial score (nSPS) is 16.4. The third kappa shape index (κ3) is 5.25. The van der Waals surface area contributed by atoms with E-state index in [1.54, 1.807) is 35.2 Å². The summed E-state index contributed by atoms with van der Waals surface area (Å²) >= 11 is 11.9. The number of halogens is 3. The summed E-state index contributed by atoms with van der Waals surface area (Å²) in [5.74, 6) is -0.189. The van der Waals surface area contributed by atoms with Gasteiger partial charge in [-0.2, -0.15) is 0 Å². The van der Waals surface area contributed by atoms with Crippen LogP contribution in [-0.2, 0) is 4.79 Å². The summed E-state index contributed by atoms with van der Waals surface area (Å²) in [6.45, 7) is 0.958. The fourth-order valence-corrected chi connectivity index (χ4v) is 3.21. The lowest BCUT2D eigenvalue weighted by molar-refractivity contribution is -0.121. The molecule has 2 heterocycles. The van der Waals surface area contributed by atoms with E-state index in [1.807, 2.05) is 0 Å². The van der Waals surface area contributed by atoms with Gasteiger partial charge in [0.2, 0.25) is 5.91 Å². The molecule has 1 fully saturated rings. The third-order valence-electron chi connectivity index (χ3n) is 4.30. The van der Waals surface area contributed by atoms with Crippen LogP contribution in [0.1, 0.15) is 23.2 Å². The minimum atomic E-state index is -0.284. The standard InChI is InChI=1S/C18H18Cl2N4O2.ClH/c19-14-5-3-11(8-15(14)20)18(26)24-7-1-2-12(10-24)17(25)23-13-4-6-16(21)22-9-13;/h3-6,8-9,12H,1-2,7,10H2,(H2,21,22)(H,23,25);1H. The van der Waals surface area contributed by atoms with Gasteiger partial charge in [0.1, 0.15) is 5.82 Å². The molecule has 9 heteroatoms. The summed E-state index contributed by atoms with van der Waals surface area (Å²) in [5, 5.41) is 3.55. The van der Waals surface area contributed by atoms with Crippen LogP contribution in [0.25, 0.3) is 0 Å². The number of hydrogen-bond donors (Lipinski definition) is 2. The average molecular weight is 430 g/mol. The molecule has 1 aromatic carbocycles. The average Bonchev–Trinajstić information content (AvgIpc) is 2.65. The first kappa shape index (κ1) is 21.3. The molecule has 1 aromatic heterocycles. The van der Waals surface area contributed by atoms with Crippen LogP contribution < -0.4 is 11.1 Å². The number of hydrogen-bond acceptors (Lipinski definition) is 4. The number of nitrogens with two attached hydrogens (primary N) is 1. The van der Waals surface area contributed by atoms with E-state index in [1.165, 1.54) is 6.20 Å². The number of nitrogens with zero attached hydrogens (tertiary/aromatic N) is 2. The summed E-state index contributed by atoms with van der Waals surface area (Å²) in [5.41, 5.74) is 6.58.